The van der Waals surface area contributed by atoms with Gasteiger partial charge in [0.1, 0.15) is 11.2 Å². The molecule has 0 spiro atoms. The summed E-state index contributed by atoms with van der Waals surface area (Å²) in [6.07, 6.45) is 0. The fraction of sp³-hybridized carbons (Fsp3) is 0.0698. The molecule has 2 nitrogen and oxygen atoms in total. The summed E-state index contributed by atoms with van der Waals surface area (Å²) in [5, 5.41) is 8.23. The molecule has 0 unspecified atom stereocenters. The molecule has 0 saturated heterocycles. The van der Waals surface area contributed by atoms with Gasteiger partial charge in [-0.3, -0.25) is 0 Å². The lowest BCUT2D eigenvalue weighted by Crippen LogP contribution is -2.14. The average molecular weight is 578 g/mol. The molecule has 0 radical (unpaired) electrons. The standard InChI is InChI=1S/C43H31NO/c1-43(2)38-15-6-5-11-37(38)40-32(12-8-16-39(40)43)28-17-22-30(23-18-28)44-31-24-19-29(20-25-31)34-13-7-14-35-36-26-21-27-9-3-4-10-33(27)42(36)45-41(34)35/h3-26,44H,1-2H3. The van der Waals surface area contributed by atoms with Gasteiger partial charge in [0.25, 0.3) is 0 Å². The lowest BCUT2D eigenvalue weighted by molar-refractivity contribution is 0.660. The highest BCUT2D eigenvalue weighted by molar-refractivity contribution is 6.17. The zero-order chi connectivity index (χ0) is 30.1. The first-order chi connectivity index (χ1) is 22.1. The van der Waals surface area contributed by atoms with Crippen LogP contribution in [-0.2, 0) is 5.41 Å². The summed E-state index contributed by atoms with van der Waals surface area (Å²) in [4.78, 5) is 0. The number of nitrogens with one attached hydrogen (secondary N) is 1. The Morgan fingerprint density at radius 3 is 1.82 bits per heavy atom. The van der Waals surface area contributed by atoms with Crippen molar-refractivity contribution in [1.29, 1.82) is 0 Å². The van der Waals surface area contributed by atoms with Gasteiger partial charge in [0.2, 0.25) is 0 Å². The van der Waals surface area contributed by atoms with Gasteiger partial charge in [-0.2, -0.15) is 0 Å². The first kappa shape index (κ1) is 25.9. The summed E-state index contributed by atoms with van der Waals surface area (Å²) >= 11 is 0. The van der Waals surface area contributed by atoms with Gasteiger partial charge in [0, 0.05) is 38.5 Å². The fourth-order valence-corrected chi connectivity index (χ4v) is 7.38. The van der Waals surface area contributed by atoms with E-state index in [1.807, 2.05) is 0 Å². The second-order valence-electron chi connectivity index (χ2n) is 12.6. The van der Waals surface area contributed by atoms with E-state index in [0.29, 0.717) is 0 Å². The molecular weight excluding hydrogens is 546 g/mol. The number of fused-ring (bicyclic) bond motifs is 8. The second-order valence-corrected chi connectivity index (χ2v) is 12.6. The minimum Gasteiger partial charge on any atom is -0.455 e. The molecule has 1 aliphatic rings. The van der Waals surface area contributed by atoms with E-state index < -0.39 is 0 Å². The molecule has 0 fully saturated rings. The quantitative estimate of drug-likeness (QED) is 0.225. The molecule has 1 heterocycles. The number of rotatable bonds is 4. The Bertz CT molecular complexity index is 2410. The van der Waals surface area contributed by atoms with Crippen LogP contribution in [0.4, 0.5) is 11.4 Å². The van der Waals surface area contributed by atoms with Crippen molar-refractivity contribution in [3.63, 3.8) is 0 Å². The third-order valence-corrected chi connectivity index (χ3v) is 9.68. The Labute approximate surface area is 262 Å². The molecule has 0 saturated carbocycles. The number of benzene rings is 7. The van der Waals surface area contributed by atoms with E-state index in [2.05, 4.69) is 165 Å². The summed E-state index contributed by atoms with van der Waals surface area (Å²) in [6.45, 7) is 4.66. The van der Waals surface area contributed by atoms with Crippen molar-refractivity contribution >= 4 is 44.1 Å². The number of hydrogen-bond donors (Lipinski definition) is 1. The number of hydrogen-bond acceptors (Lipinski definition) is 2. The second kappa shape index (κ2) is 9.70. The summed E-state index contributed by atoms with van der Waals surface area (Å²) in [5.74, 6) is 0. The van der Waals surface area contributed by atoms with Crippen molar-refractivity contribution in [2.45, 2.75) is 19.3 Å². The lowest BCUT2D eigenvalue weighted by Gasteiger charge is -2.21. The van der Waals surface area contributed by atoms with Gasteiger partial charge in [-0.25, -0.2) is 0 Å². The van der Waals surface area contributed by atoms with Crippen molar-refractivity contribution in [2.75, 3.05) is 5.32 Å². The lowest BCUT2D eigenvalue weighted by atomic mass is 9.82. The van der Waals surface area contributed by atoms with E-state index in [0.717, 1.165) is 49.8 Å². The Hall–Kier alpha value is -5.60. The zero-order valence-corrected chi connectivity index (χ0v) is 25.3. The van der Waals surface area contributed by atoms with Crippen LogP contribution in [0.3, 0.4) is 0 Å². The first-order valence-corrected chi connectivity index (χ1v) is 15.6. The Kier molecular flexibility index (Phi) is 5.58. The van der Waals surface area contributed by atoms with Gasteiger partial charge < -0.3 is 9.73 Å². The molecule has 8 aromatic rings. The predicted octanol–water partition coefficient (Wildman–Crippen LogP) is 12.1. The third kappa shape index (κ3) is 3.96. The fourth-order valence-electron chi connectivity index (χ4n) is 7.38. The smallest absolute Gasteiger partial charge is 0.143 e. The number of anilines is 2. The molecule has 9 rings (SSSR count). The van der Waals surface area contributed by atoms with Crippen LogP contribution in [0.15, 0.2) is 150 Å². The van der Waals surface area contributed by atoms with Gasteiger partial charge in [-0.05, 0) is 74.7 Å². The molecule has 0 atom stereocenters. The third-order valence-electron chi connectivity index (χ3n) is 9.68. The Balaban J connectivity index is 1.01. The van der Waals surface area contributed by atoms with Crippen molar-refractivity contribution in [3.8, 4) is 33.4 Å². The van der Waals surface area contributed by atoms with Gasteiger partial charge in [0.15, 0.2) is 0 Å². The largest absolute Gasteiger partial charge is 0.455 e. The average Bonchev–Trinajstić information content (AvgIpc) is 3.59. The minimum atomic E-state index is -0.0000897. The molecule has 2 heteroatoms. The molecule has 0 bridgehead atoms. The molecule has 7 aromatic carbocycles. The molecule has 1 aromatic heterocycles. The summed E-state index contributed by atoms with van der Waals surface area (Å²) in [7, 11) is 0. The van der Waals surface area contributed by atoms with Gasteiger partial charge >= 0.3 is 0 Å². The normalized spacial score (nSPS) is 13.3. The Morgan fingerprint density at radius 1 is 0.444 bits per heavy atom. The van der Waals surface area contributed by atoms with E-state index in [-0.39, 0.29) is 5.41 Å². The summed E-state index contributed by atoms with van der Waals surface area (Å²) in [5.41, 5.74) is 14.2. The highest BCUT2D eigenvalue weighted by Crippen LogP contribution is 2.52. The molecule has 45 heavy (non-hydrogen) atoms. The highest BCUT2D eigenvalue weighted by atomic mass is 16.3. The zero-order valence-electron chi connectivity index (χ0n) is 25.3. The highest BCUT2D eigenvalue weighted by Gasteiger charge is 2.36. The van der Waals surface area contributed by atoms with Gasteiger partial charge in [0.05, 0.1) is 0 Å². The van der Waals surface area contributed by atoms with Crippen molar-refractivity contribution in [1.82, 2.24) is 0 Å². The molecule has 0 amide bonds. The van der Waals surface area contributed by atoms with Gasteiger partial charge in [-0.15, -0.1) is 0 Å². The van der Waals surface area contributed by atoms with Crippen LogP contribution in [0.1, 0.15) is 25.0 Å². The van der Waals surface area contributed by atoms with Crippen LogP contribution >= 0.6 is 0 Å². The van der Waals surface area contributed by atoms with Crippen molar-refractivity contribution in [3.05, 3.63) is 157 Å². The van der Waals surface area contributed by atoms with E-state index in [4.69, 9.17) is 4.42 Å². The predicted molar refractivity (Wildman–Crippen MR) is 189 cm³/mol. The van der Waals surface area contributed by atoms with Crippen LogP contribution in [0, 0.1) is 0 Å². The van der Waals surface area contributed by atoms with E-state index >= 15 is 0 Å². The molecule has 214 valence electrons. The maximum Gasteiger partial charge on any atom is 0.143 e. The monoisotopic (exact) mass is 577 g/mol. The summed E-state index contributed by atoms with van der Waals surface area (Å²) < 4.78 is 6.57. The topological polar surface area (TPSA) is 25.2 Å². The summed E-state index contributed by atoms with van der Waals surface area (Å²) in [6, 6.07) is 52.2. The van der Waals surface area contributed by atoms with Crippen LogP contribution in [0.2, 0.25) is 0 Å². The molecule has 1 aliphatic carbocycles. The number of furan rings is 1. The minimum absolute atomic E-state index is 0.0000897. The SMILES string of the molecule is CC1(C)c2ccccc2-c2c(-c3ccc(Nc4ccc(-c5cccc6c5oc5c7ccccc7ccc65)cc4)cc3)cccc21. The van der Waals surface area contributed by atoms with Crippen molar-refractivity contribution in [2.24, 2.45) is 0 Å². The van der Waals surface area contributed by atoms with E-state index in [1.165, 1.54) is 38.8 Å². The van der Waals surface area contributed by atoms with Crippen molar-refractivity contribution < 1.29 is 4.42 Å². The van der Waals surface area contributed by atoms with Crippen LogP contribution in [-0.4, -0.2) is 0 Å². The molecular formula is C43H31NO. The van der Waals surface area contributed by atoms with Crippen LogP contribution in [0.5, 0.6) is 0 Å². The van der Waals surface area contributed by atoms with Crippen LogP contribution in [0.25, 0.3) is 66.1 Å². The Morgan fingerprint density at radius 2 is 1.02 bits per heavy atom. The van der Waals surface area contributed by atoms with E-state index in [1.54, 1.807) is 0 Å². The molecule has 1 N–H and O–H groups in total. The van der Waals surface area contributed by atoms with E-state index in [9.17, 15) is 0 Å². The van der Waals surface area contributed by atoms with Gasteiger partial charge in [-0.1, -0.05) is 129 Å². The molecule has 0 aliphatic heterocycles. The van der Waals surface area contributed by atoms with Crippen LogP contribution < -0.4 is 5.32 Å². The maximum atomic E-state index is 6.57. The number of para-hydroxylation sites is 1. The first-order valence-electron chi connectivity index (χ1n) is 15.6. The maximum absolute atomic E-state index is 6.57.